The number of hydrogen-bond donors (Lipinski definition) is 2. The topological polar surface area (TPSA) is 83.8 Å². The first-order valence-corrected chi connectivity index (χ1v) is 7.53. The molecule has 0 bridgehead atoms. The summed E-state index contributed by atoms with van der Waals surface area (Å²) in [5.74, 6) is 1.12. The lowest BCUT2D eigenvalue weighted by atomic mass is 9.97. The van der Waals surface area contributed by atoms with Crippen LogP contribution in [0.25, 0.3) is 11.0 Å². The predicted molar refractivity (Wildman–Crippen MR) is 88.4 cm³/mol. The van der Waals surface area contributed by atoms with E-state index in [1.54, 1.807) is 6.33 Å². The van der Waals surface area contributed by atoms with Crippen molar-refractivity contribution in [1.82, 2.24) is 15.0 Å². The Morgan fingerprint density at radius 2 is 2.13 bits per heavy atom. The van der Waals surface area contributed by atoms with Crippen molar-refractivity contribution in [3.05, 3.63) is 41.9 Å². The number of amides is 1. The van der Waals surface area contributed by atoms with E-state index in [4.69, 9.17) is 4.42 Å². The van der Waals surface area contributed by atoms with Crippen molar-refractivity contribution in [3.8, 4) is 0 Å². The second-order valence-electron chi connectivity index (χ2n) is 6.64. The highest BCUT2D eigenvalue weighted by Crippen LogP contribution is 2.24. The van der Waals surface area contributed by atoms with E-state index in [9.17, 15) is 4.79 Å². The zero-order chi connectivity index (χ0) is 16.6. The number of fused-ring (bicyclic) bond motifs is 1. The summed E-state index contributed by atoms with van der Waals surface area (Å²) in [5.41, 5.74) is 3.05. The van der Waals surface area contributed by atoms with Gasteiger partial charge in [-0.15, -0.1) is 0 Å². The molecule has 0 saturated heterocycles. The molecule has 0 aliphatic carbocycles. The molecule has 2 heterocycles. The lowest BCUT2D eigenvalue weighted by molar-refractivity contribution is -0.115. The van der Waals surface area contributed by atoms with Crippen LogP contribution < -0.4 is 5.32 Å². The van der Waals surface area contributed by atoms with E-state index in [0.717, 1.165) is 22.4 Å². The molecule has 0 unspecified atom stereocenters. The summed E-state index contributed by atoms with van der Waals surface area (Å²) in [5, 5.41) is 2.87. The number of rotatable bonds is 3. The number of oxazole rings is 1. The quantitative estimate of drug-likeness (QED) is 0.777. The van der Waals surface area contributed by atoms with Crippen molar-refractivity contribution in [3.63, 3.8) is 0 Å². The number of H-pyrrole nitrogens is 1. The maximum Gasteiger partial charge on any atom is 0.232 e. The molecule has 6 heteroatoms. The Labute approximate surface area is 134 Å². The van der Waals surface area contributed by atoms with Gasteiger partial charge in [-0.1, -0.05) is 20.8 Å². The monoisotopic (exact) mass is 312 g/mol. The van der Waals surface area contributed by atoms with Gasteiger partial charge in [-0.05, 0) is 25.1 Å². The fourth-order valence-corrected chi connectivity index (χ4v) is 2.28. The minimum absolute atomic E-state index is 0.136. The Hall–Kier alpha value is -2.63. The van der Waals surface area contributed by atoms with Gasteiger partial charge in [0.15, 0.2) is 5.89 Å². The van der Waals surface area contributed by atoms with Crippen LogP contribution in [0.2, 0.25) is 0 Å². The van der Waals surface area contributed by atoms with Crippen LogP contribution in [-0.2, 0) is 16.6 Å². The van der Waals surface area contributed by atoms with Gasteiger partial charge in [0.2, 0.25) is 5.91 Å². The third-order valence-electron chi connectivity index (χ3n) is 3.56. The molecule has 23 heavy (non-hydrogen) atoms. The number of aryl methyl sites for hydroxylation is 1. The van der Waals surface area contributed by atoms with Gasteiger partial charge in [0.1, 0.15) is 5.76 Å². The van der Waals surface area contributed by atoms with E-state index in [1.165, 1.54) is 0 Å². The number of aromatic amines is 1. The van der Waals surface area contributed by atoms with Crippen LogP contribution in [0.5, 0.6) is 0 Å². The lowest BCUT2D eigenvalue weighted by Gasteiger charge is -2.12. The molecule has 1 aromatic carbocycles. The molecule has 0 saturated carbocycles. The number of benzene rings is 1. The van der Waals surface area contributed by atoms with Crippen LogP contribution in [0, 0.1) is 6.92 Å². The first-order valence-electron chi connectivity index (χ1n) is 7.53. The smallest absolute Gasteiger partial charge is 0.232 e. The van der Waals surface area contributed by atoms with E-state index in [2.05, 4.69) is 20.3 Å². The molecule has 2 aromatic heterocycles. The summed E-state index contributed by atoms with van der Waals surface area (Å²) in [7, 11) is 0. The Morgan fingerprint density at radius 3 is 2.83 bits per heavy atom. The zero-order valence-corrected chi connectivity index (χ0v) is 13.7. The molecule has 3 aromatic rings. The number of nitrogens with one attached hydrogen (secondary N) is 2. The summed E-state index contributed by atoms with van der Waals surface area (Å²) in [6.07, 6.45) is 1.79. The van der Waals surface area contributed by atoms with Crippen LogP contribution >= 0.6 is 0 Å². The van der Waals surface area contributed by atoms with Crippen LogP contribution in [-0.4, -0.2) is 20.9 Å². The molecule has 120 valence electrons. The largest absolute Gasteiger partial charge is 0.444 e. The fraction of sp³-hybridized carbons (Fsp3) is 0.353. The van der Waals surface area contributed by atoms with Gasteiger partial charge in [-0.3, -0.25) is 4.79 Å². The number of imidazole rings is 1. The number of anilines is 1. The molecule has 0 aliphatic rings. The molecular weight excluding hydrogens is 292 g/mol. The molecule has 0 fully saturated rings. The first-order chi connectivity index (χ1) is 10.8. The van der Waals surface area contributed by atoms with Crippen molar-refractivity contribution < 1.29 is 9.21 Å². The van der Waals surface area contributed by atoms with E-state index in [0.29, 0.717) is 11.7 Å². The second kappa shape index (κ2) is 5.53. The average molecular weight is 312 g/mol. The first kappa shape index (κ1) is 15.3. The fourth-order valence-electron chi connectivity index (χ4n) is 2.28. The molecule has 0 aliphatic heterocycles. The predicted octanol–water partition coefficient (Wildman–Crippen LogP) is 3.34. The molecular formula is C17H20N4O2. The third-order valence-corrected chi connectivity index (χ3v) is 3.56. The summed E-state index contributed by atoms with van der Waals surface area (Å²) in [6.45, 7) is 7.95. The number of hydrogen-bond acceptors (Lipinski definition) is 4. The van der Waals surface area contributed by atoms with E-state index >= 15 is 0 Å². The maximum atomic E-state index is 12.2. The van der Waals surface area contributed by atoms with Crippen molar-refractivity contribution >= 4 is 22.6 Å². The maximum absolute atomic E-state index is 12.2. The molecule has 3 rings (SSSR count). The average Bonchev–Trinajstić information content (AvgIpc) is 3.05. The van der Waals surface area contributed by atoms with Gasteiger partial charge in [-0.25, -0.2) is 9.97 Å². The third kappa shape index (κ3) is 3.26. The minimum atomic E-state index is -0.175. The summed E-state index contributed by atoms with van der Waals surface area (Å²) in [6, 6.07) is 5.54. The van der Waals surface area contributed by atoms with Gasteiger partial charge in [0, 0.05) is 11.1 Å². The van der Waals surface area contributed by atoms with Gasteiger partial charge < -0.3 is 14.7 Å². The summed E-state index contributed by atoms with van der Waals surface area (Å²) < 4.78 is 5.76. The molecule has 2 N–H and O–H groups in total. The molecule has 0 atom stereocenters. The Bertz CT molecular complexity index is 855. The Morgan fingerprint density at radius 1 is 1.35 bits per heavy atom. The second-order valence-corrected chi connectivity index (χ2v) is 6.64. The number of aromatic nitrogens is 3. The van der Waals surface area contributed by atoms with Gasteiger partial charge in [0.05, 0.1) is 29.5 Å². The number of carbonyl (C=O) groups is 1. The van der Waals surface area contributed by atoms with E-state index in [-0.39, 0.29) is 17.7 Å². The normalized spacial score (nSPS) is 11.8. The summed E-state index contributed by atoms with van der Waals surface area (Å²) >= 11 is 0. The Balaban J connectivity index is 1.73. The molecule has 0 spiro atoms. The van der Waals surface area contributed by atoms with Crippen molar-refractivity contribution in [2.75, 3.05) is 5.32 Å². The van der Waals surface area contributed by atoms with E-state index < -0.39 is 0 Å². The standard InChI is InChI=1S/C17H20N4O2/c1-10-14(23-16(20-10)17(2,3)4)8-15(22)21-11-5-6-12-13(7-11)19-9-18-12/h5-7,9H,8H2,1-4H3,(H,18,19)(H,21,22). The van der Waals surface area contributed by atoms with Gasteiger partial charge in [-0.2, -0.15) is 0 Å². The highest BCUT2D eigenvalue weighted by Gasteiger charge is 2.23. The van der Waals surface area contributed by atoms with E-state index in [1.807, 2.05) is 45.9 Å². The zero-order valence-electron chi connectivity index (χ0n) is 13.7. The lowest BCUT2D eigenvalue weighted by Crippen LogP contribution is -2.14. The number of nitrogens with zero attached hydrogens (tertiary/aromatic N) is 2. The highest BCUT2D eigenvalue weighted by atomic mass is 16.4. The van der Waals surface area contributed by atoms with Crippen LogP contribution in [0.4, 0.5) is 5.69 Å². The van der Waals surface area contributed by atoms with Gasteiger partial charge >= 0.3 is 0 Å². The molecule has 0 radical (unpaired) electrons. The highest BCUT2D eigenvalue weighted by molar-refractivity contribution is 5.94. The van der Waals surface area contributed by atoms with Crippen molar-refractivity contribution in [2.45, 2.75) is 39.5 Å². The molecule has 6 nitrogen and oxygen atoms in total. The van der Waals surface area contributed by atoms with Crippen LogP contribution in [0.1, 0.15) is 38.1 Å². The van der Waals surface area contributed by atoms with Crippen LogP contribution in [0.15, 0.2) is 28.9 Å². The molecule has 1 amide bonds. The Kier molecular flexibility index (Phi) is 3.67. The SMILES string of the molecule is Cc1nc(C(C)(C)C)oc1CC(=O)Nc1ccc2nc[nH]c2c1. The minimum Gasteiger partial charge on any atom is -0.444 e. The van der Waals surface area contributed by atoms with Crippen molar-refractivity contribution in [1.29, 1.82) is 0 Å². The number of carbonyl (C=O) groups excluding carboxylic acids is 1. The van der Waals surface area contributed by atoms with Crippen LogP contribution in [0.3, 0.4) is 0 Å². The van der Waals surface area contributed by atoms with Crippen molar-refractivity contribution in [2.24, 2.45) is 0 Å². The van der Waals surface area contributed by atoms with Gasteiger partial charge in [0.25, 0.3) is 0 Å². The summed E-state index contributed by atoms with van der Waals surface area (Å²) in [4.78, 5) is 23.8.